The van der Waals surface area contributed by atoms with Crippen molar-refractivity contribution in [2.45, 2.75) is 40.3 Å². The maximum Gasteiger partial charge on any atom is 0.260 e. The van der Waals surface area contributed by atoms with Crippen molar-refractivity contribution in [3.8, 4) is 11.5 Å². The SMILES string of the molecule is Cc1ccc(-n2nc(C)c(C(=O)N(Cc3ccccc3)C(C)C)c2-n2cccc2)cc1. The lowest BCUT2D eigenvalue weighted by Crippen LogP contribution is -2.37. The van der Waals surface area contributed by atoms with E-state index in [-0.39, 0.29) is 11.9 Å². The second-order valence-electron chi connectivity index (χ2n) is 8.13. The molecule has 0 radical (unpaired) electrons. The van der Waals surface area contributed by atoms with Gasteiger partial charge in [-0.15, -0.1) is 0 Å². The average molecular weight is 413 g/mol. The van der Waals surface area contributed by atoms with Gasteiger partial charge in [-0.1, -0.05) is 48.0 Å². The molecule has 158 valence electrons. The van der Waals surface area contributed by atoms with Gasteiger partial charge in [0.15, 0.2) is 5.82 Å². The van der Waals surface area contributed by atoms with Gasteiger partial charge in [-0.2, -0.15) is 5.10 Å². The third-order valence-electron chi connectivity index (χ3n) is 5.46. The minimum Gasteiger partial charge on any atom is -0.332 e. The van der Waals surface area contributed by atoms with E-state index in [2.05, 4.69) is 45.0 Å². The van der Waals surface area contributed by atoms with E-state index in [1.165, 1.54) is 5.56 Å². The fraction of sp³-hybridized carbons (Fsp3) is 0.231. The normalized spacial score (nSPS) is 11.1. The van der Waals surface area contributed by atoms with Gasteiger partial charge in [0.2, 0.25) is 0 Å². The molecule has 2 aromatic carbocycles. The van der Waals surface area contributed by atoms with E-state index in [0.29, 0.717) is 17.8 Å². The molecule has 0 aliphatic rings. The Balaban J connectivity index is 1.83. The number of hydrogen-bond acceptors (Lipinski definition) is 2. The molecule has 1 amide bonds. The first-order valence-electron chi connectivity index (χ1n) is 10.6. The molecule has 2 aromatic heterocycles. The van der Waals surface area contributed by atoms with E-state index >= 15 is 0 Å². The van der Waals surface area contributed by atoms with E-state index < -0.39 is 0 Å². The molecule has 0 unspecified atom stereocenters. The summed E-state index contributed by atoms with van der Waals surface area (Å²) >= 11 is 0. The van der Waals surface area contributed by atoms with Crippen molar-refractivity contribution in [2.24, 2.45) is 0 Å². The summed E-state index contributed by atoms with van der Waals surface area (Å²) in [7, 11) is 0. The van der Waals surface area contributed by atoms with Crippen LogP contribution in [0.15, 0.2) is 79.1 Å². The first kappa shape index (κ1) is 20.7. The van der Waals surface area contributed by atoms with Crippen LogP contribution in [0, 0.1) is 13.8 Å². The Morgan fingerprint density at radius 1 is 0.935 bits per heavy atom. The quantitative estimate of drug-likeness (QED) is 0.430. The fourth-order valence-corrected chi connectivity index (χ4v) is 3.76. The van der Waals surface area contributed by atoms with Crippen LogP contribution in [-0.4, -0.2) is 31.2 Å². The van der Waals surface area contributed by atoms with Crippen molar-refractivity contribution in [3.63, 3.8) is 0 Å². The number of benzene rings is 2. The van der Waals surface area contributed by atoms with Gasteiger partial charge in [0.05, 0.1) is 11.4 Å². The first-order chi connectivity index (χ1) is 15.0. The number of amides is 1. The summed E-state index contributed by atoms with van der Waals surface area (Å²) in [5.74, 6) is 0.744. The molecule has 0 atom stereocenters. The molecule has 0 spiro atoms. The summed E-state index contributed by atoms with van der Waals surface area (Å²) in [4.78, 5) is 15.8. The lowest BCUT2D eigenvalue weighted by molar-refractivity contribution is 0.0689. The van der Waals surface area contributed by atoms with Gasteiger partial charge in [0, 0.05) is 25.0 Å². The van der Waals surface area contributed by atoms with Crippen molar-refractivity contribution in [2.75, 3.05) is 0 Å². The zero-order valence-corrected chi connectivity index (χ0v) is 18.5. The summed E-state index contributed by atoms with van der Waals surface area (Å²) in [6.07, 6.45) is 3.91. The highest BCUT2D eigenvalue weighted by Crippen LogP contribution is 2.26. The van der Waals surface area contributed by atoms with Gasteiger partial charge in [0.1, 0.15) is 5.56 Å². The molecule has 0 aliphatic heterocycles. The standard InChI is InChI=1S/C26H28N4O/c1-19(2)29(18-22-10-6-5-7-11-22)26(31)24-21(4)27-30(23-14-12-20(3)13-15-23)25(24)28-16-8-9-17-28/h5-17,19H,18H2,1-4H3. The molecule has 0 saturated carbocycles. The molecule has 4 rings (SSSR count). The smallest absolute Gasteiger partial charge is 0.260 e. The van der Waals surface area contributed by atoms with Crippen LogP contribution in [0.25, 0.3) is 11.5 Å². The second-order valence-corrected chi connectivity index (χ2v) is 8.13. The second kappa shape index (κ2) is 8.64. The summed E-state index contributed by atoms with van der Waals surface area (Å²) < 4.78 is 3.83. The number of carbonyl (C=O) groups excluding carboxylic acids is 1. The van der Waals surface area contributed by atoms with Crippen molar-refractivity contribution >= 4 is 5.91 Å². The van der Waals surface area contributed by atoms with Crippen molar-refractivity contribution < 1.29 is 4.79 Å². The summed E-state index contributed by atoms with van der Waals surface area (Å²) in [5, 5.41) is 4.78. The summed E-state index contributed by atoms with van der Waals surface area (Å²) in [6, 6.07) is 22.3. The van der Waals surface area contributed by atoms with Gasteiger partial charge >= 0.3 is 0 Å². The average Bonchev–Trinajstić information content (AvgIpc) is 3.40. The van der Waals surface area contributed by atoms with Crippen molar-refractivity contribution in [1.29, 1.82) is 0 Å². The first-order valence-corrected chi connectivity index (χ1v) is 10.6. The molecule has 0 aliphatic carbocycles. The molecular formula is C26H28N4O. The van der Waals surface area contributed by atoms with Crippen LogP contribution in [0.1, 0.15) is 41.0 Å². The number of carbonyl (C=O) groups is 1. The Hall–Kier alpha value is -3.60. The molecule has 4 aromatic rings. The van der Waals surface area contributed by atoms with Crippen molar-refractivity contribution in [1.82, 2.24) is 19.2 Å². The molecular weight excluding hydrogens is 384 g/mol. The van der Waals surface area contributed by atoms with Crippen LogP contribution in [0.2, 0.25) is 0 Å². The topological polar surface area (TPSA) is 43.1 Å². The van der Waals surface area contributed by atoms with Gasteiger partial charge in [0.25, 0.3) is 5.91 Å². The van der Waals surface area contributed by atoms with Crippen LogP contribution in [0.4, 0.5) is 0 Å². The number of aryl methyl sites for hydroxylation is 2. The minimum atomic E-state index is -0.0154. The zero-order valence-electron chi connectivity index (χ0n) is 18.5. The van der Waals surface area contributed by atoms with Crippen LogP contribution >= 0.6 is 0 Å². The van der Waals surface area contributed by atoms with E-state index in [4.69, 9.17) is 5.10 Å². The Bertz CT molecular complexity index is 1160. The number of hydrogen-bond donors (Lipinski definition) is 0. The fourth-order valence-electron chi connectivity index (χ4n) is 3.76. The Morgan fingerprint density at radius 3 is 2.19 bits per heavy atom. The largest absolute Gasteiger partial charge is 0.332 e. The monoisotopic (exact) mass is 412 g/mol. The highest BCUT2D eigenvalue weighted by Gasteiger charge is 2.28. The van der Waals surface area contributed by atoms with Gasteiger partial charge in [-0.3, -0.25) is 4.79 Å². The van der Waals surface area contributed by atoms with Crippen LogP contribution in [-0.2, 0) is 6.54 Å². The maximum atomic E-state index is 13.9. The van der Waals surface area contributed by atoms with E-state index in [1.54, 1.807) is 0 Å². The molecule has 0 N–H and O–H groups in total. The third kappa shape index (κ3) is 4.17. The van der Waals surface area contributed by atoms with Gasteiger partial charge in [-0.25, -0.2) is 4.68 Å². The van der Waals surface area contributed by atoms with E-state index in [0.717, 1.165) is 17.1 Å². The predicted molar refractivity (Wildman–Crippen MR) is 124 cm³/mol. The molecule has 5 nitrogen and oxygen atoms in total. The molecule has 31 heavy (non-hydrogen) atoms. The summed E-state index contributed by atoms with van der Waals surface area (Å²) in [6.45, 7) is 8.62. The molecule has 0 bridgehead atoms. The minimum absolute atomic E-state index is 0.0154. The molecule has 0 fully saturated rings. The zero-order chi connectivity index (χ0) is 22.0. The van der Waals surface area contributed by atoms with Gasteiger partial charge in [-0.05, 0) is 57.5 Å². The lowest BCUT2D eigenvalue weighted by atomic mass is 10.1. The van der Waals surface area contributed by atoms with Crippen LogP contribution < -0.4 is 0 Å². The van der Waals surface area contributed by atoms with E-state index in [1.807, 2.05) is 75.9 Å². The highest BCUT2D eigenvalue weighted by molar-refractivity contribution is 5.98. The van der Waals surface area contributed by atoms with Crippen LogP contribution in [0.5, 0.6) is 0 Å². The third-order valence-corrected chi connectivity index (χ3v) is 5.46. The number of nitrogens with zero attached hydrogens (tertiary/aromatic N) is 4. The molecule has 0 saturated heterocycles. The molecule has 2 heterocycles. The molecule has 5 heteroatoms. The summed E-state index contributed by atoms with van der Waals surface area (Å²) in [5.41, 5.74) is 4.56. The van der Waals surface area contributed by atoms with E-state index in [9.17, 15) is 4.79 Å². The van der Waals surface area contributed by atoms with Gasteiger partial charge < -0.3 is 9.47 Å². The highest BCUT2D eigenvalue weighted by atomic mass is 16.2. The Labute approximate surface area is 183 Å². The Morgan fingerprint density at radius 2 is 1.58 bits per heavy atom. The number of aromatic nitrogens is 3. The van der Waals surface area contributed by atoms with Crippen molar-refractivity contribution in [3.05, 3.63) is 102 Å². The maximum absolute atomic E-state index is 13.9. The lowest BCUT2D eigenvalue weighted by Gasteiger charge is -2.27. The van der Waals surface area contributed by atoms with Crippen LogP contribution in [0.3, 0.4) is 0 Å². The Kier molecular flexibility index (Phi) is 5.76. The predicted octanol–water partition coefficient (Wildman–Crippen LogP) is 5.33. The number of rotatable bonds is 6.